The lowest BCUT2D eigenvalue weighted by Gasteiger charge is -2.63. The highest BCUT2D eigenvalue weighted by Gasteiger charge is 2.67. The first kappa shape index (κ1) is 45.3. The number of carbonyl (C=O) groups excluding carboxylic acids is 2. The number of esters is 1. The van der Waals surface area contributed by atoms with Gasteiger partial charge in [-0.05, 0) is 151 Å². The Morgan fingerprint density at radius 3 is 2.48 bits per heavy atom. The molecule has 14 nitrogen and oxygen atoms in total. The molecule has 4 bridgehead atoms. The first-order valence-corrected chi connectivity index (χ1v) is 24.4. The molecule has 0 aromatic rings. The number of rotatable bonds is 7. The third kappa shape index (κ3) is 8.11. The van der Waals surface area contributed by atoms with Gasteiger partial charge in [-0.15, -0.1) is 0 Å². The van der Waals surface area contributed by atoms with E-state index in [2.05, 4.69) is 41.9 Å². The van der Waals surface area contributed by atoms with E-state index in [1.165, 1.54) is 0 Å². The molecule has 0 amide bonds. The van der Waals surface area contributed by atoms with E-state index in [0.29, 0.717) is 18.9 Å². The van der Waals surface area contributed by atoms with E-state index in [1.54, 1.807) is 13.0 Å². The second kappa shape index (κ2) is 18.5. The van der Waals surface area contributed by atoms with Crippen LogP contribution in [0.1, 0.15) is 91.4 Å². The maximum atomic E-state index is 14.4. The SMILES string of the molecule is CC=C(CO)C(=O)OC1CC2C(O)C3C(=O)CC(CO)OC3C3C2OC1(C)C(CC1CNC2NC(C)C=CC2C1)CC1CCC2CCC(O)CC2C(CO)C3C2CCNC(N)C12. The molecule has 3 saturated carbocycles. The van der Waals surface area contributed by atoms with Gasteiger partial charge in [-0.3, -0.25) is 10.1 Å². The van der Waals surface area contributed by atoms with Crippen molar-refractivity contribution in [1.29, 1.82) is 0 Å². The van der Waals surface area contributed by atoms with Crippen LogP contribution >= 0.6 is 0 Å². The van der Waals surface area contributed by atoms with Crippen LogP contribution in [0, 0.1) is 76.9 Å². The average molecular weight is 869 g/mol. The van der Waals surface area contributed by atoms with Crippen LogP contribution in [0.25, 0.3) is 0 Å². The molecule has 9 rings (SSSR count). The zero-order valence-corrected chi connectivity index (χ0v) is 37.1. The minimum absolute atomic E-state index is 0.000303. The molecule has 0 aromatic carbocycles. The van der Waals surface area contributed by atoms with Gasteiger partial charge in [0.1, 0.15) is 17.5 Å². The molecule has 6 aliphatic heterocycles. The first-order valence-electron chi connectivity index (χ1n) is 24.4. The van der Waals surface area contributed by atoms with Crippen molar-refractivity contribution < 1.29 is 49.3 Å². The summed E-state index contributed by atoms with van der Waals surface area (Å²) in [5.41, 5.74) is 6.44. The first-order chi connectivity index (χ1) is 29.9. The minimum Gasteiger partial charge on any atom is -0.456 e. The maximum absolute atomic E-state index is 14.4. The molecule has 14 heteroatoms. The molecule has 8 fully saturated rings. The van der Waals surface area contributed by atoms with Gasteiger partial charge < -0.3 is 56.1 Å². The number of hydrogen-bond acceptors (Lipinski definition) is 14. The lowest BCUT2D eigenvalue weighted by atomic mass is 9.50. The van der Waals surface area contributed by atoms with Crippen molar-refractivity contribution in [2.24, 2.45) is 82.7 Å². The van der Waals surface area contributed by atoms with Crippen LogP contribution < -0.4 is 21.7 Å². The molecule has 5 saturated heterocycles. The third-order valence-corrected chi connectivity index (χ3v) is 18.4. The fourth-order valence-electron chi connectivity index (χ4n) is 15.5. The van der Waals surface area contributed by atoms with Crippen molar-refractivity contribution in [2.75, 3.05) is 32.9 Å². The Morgan fingerprint density at radius 1 is 0.935 bits per heavy atom. The summed E-state index contributed by atoms with van der Waals surface area (Å²) < 4.78 is 21.3. The van der Waals surface area contributed by atoms with Gasteiger partial charge in [0.15, 0.2) is 0 Å². The van der Waals surface area contributed by atoms with Gasteiger partial charge in [-0.2, -0.15) is 0 Å². The van der Waals surface area contributed by atoms with Crippen molar-refractivity contribution in [3.05, 3.63) is 23.8 Å². The van der Waals surface area contributed by atoms with Crippen molar-refractivity contribution in [3.63, 3.8) is 0 Å². The fraction of sp³-hybridized carbons (Fsp3) is 0.875. The number of ether oxygens (including phenoxy) is 3. The number of Topliss-reactive ketones (excluding diaryl/α,β-unsaturated/α-hetero) is 1. The van der Waals surface area contributed by atoms with Crippen LogP contribution in [0.15, 0.2) is 23.8 Å². The summed E-state index contributed by atoms with van der Waals surface area (Å²) in [6.07, 6.45) is 9.06. The summed E-state index contributed by atoms with van der Waals surface area (Å²) in [6.45, 7) is 6.58. The summed E-state index contributed by atoms with van der Waals surface area (Å²) in [5, 5.41) is 67.8. The molecule has 62 heavy (non-hydrogen) atoms. The normalized spacial score (nSPS) is 51.6. The highest BCUT2D eigenvalue weighted by Crippen LogP contribution is 2.61. The van der Waals surface area contributed by atoms with E-state index < -0.39 is 72.6 Å². The molecule has 6 heterocycles. The van der Waals surface area contributed by atoms with Gasteiger partial charge in [-0.25, -0.2) is 4.79 Å². The highest BCUT2D eigenvalue weighted by atomic mass is 16.6. The van der Waals surface area contributed by atoms with Crippen LogP contribution in [0.5, 0.6) is 0 Å². The van der Waals surface area contributed by atoms with Crippen molar-refractivity contribution in [2.45, 2.75) is 152 Å². The predicted octanol–water partition coefficient (Wildman–Crippen LogP) is 1.76. The Bertz CT molecular complexity index is 1680. The van der Waals surface area contributed by atoms with E-state index in [1.807, 2.05) is 0 Å². The Morgan fingerprint density at radius 2 is 1.73 bits per heavy atom. The zero-order chi connectivity index (χ0) is 43.6. The Labute approximate surface area is 367 Å². The number of allylic oxidation sites excluding steroid dienone is 1. The standard InChI is InChI=1S/C48H76N4O10/c1-4-25(20-53)47(59)61-37-18-34-42(58)40-36(57)17-31(21-54)60-44(40)41-39-32-11-12-50-45(49)38(32)27(8-7-26-9-10-30(56)16-33(26)35(39)22-55)15-29(48(37,3)62-43(34)41)14-24-13-28-6-5-23(2)52-46(28)51-19-24/h4-6,23-24,26-35,37-46,50-56,58H,7-22,49H2,1-3H3. The fourth-order valence-corrected chi connectivity index (χ4v) is 15.5. The Balaban J connectivity index is 1.23. The summed E-state index contributed by atoms with van der Waals surface area (Å²) in [5.74, 6) is -2.33. The predicted molar refractivity (Wildman–Crippen MR) is 230 cm³/mol. The molecular weight excluding hydrogens is 793 g/mol. The van der Waals surface area contributed by atoms with Gasteiger partial charge in [0.2, 0.25) is 0 Å². The monoisotopic (exact) mass is 869 g/mol. The average Bonchev–Trinajstić information content (AvgIpc) is 3.30. The molecule has 23 atom stereocenters. The van der Waals surface area contributed by atoms with Gasteiger partial charge in [0.05, 0.1) is 67.6 Å². The van der Waals surface area contributed by atoms with Crippen molar-refractivity contribution in [1.82, 2.24) is 16.0 Å². The number of nitrogens with one attached hydrogen (secondary N) is 3. The zero-order valence-electron chi connectivity index (χ0n) is 37.1. The summed E-state index contributed by atoms with van der Waals surface area (Å²) in [7, 11) is 0. The molecule has 23 unspecified atom stereocenters. The van der Waals surface area contributed by atoms with E-state index in [9.17, 15) is 35.1 Å². The second-order valence-corrected chi connectivity index (χ2v) is 21.5. The second-order valence-electron chi connectivity index (χ2n) is 21.5. The number of carbonyl (C=O) groups is 2. The maximum Gasteiger partial charge on any atom is 0.336 e. The topological polar surface area (TPSA) is 225 Å². The highest BCUT2D eigenvalue weighted by molar-refractivity contribution is 5.88. The molecule has 0 spiro atoms. The summed E-state index contributed by atoms with van der Waals surface area (Å²) in [4.78, 5) is 28.4. The van der Waals surface area contributed by atoms with Crippen LogP contribution in [0.4, 0.5) is 0 Å². The Kier molecular flexibility index (Phi) is 13.5. The van der Waals surface area contributed by atoms with Crippen molar-refractivity contribution >= 4 is 11.8 Å². The lowest BCUT2D eigenvalue weighted by Crippen LogP contribution is -2.72. The van der Waals surface area contributed by atoms with Crippen LogP contribution in [0.3, 0.4) is 0 Å². The Hall–Kier alpha value is -1.82. The quantitative estimate of drug-likeness (QED) is 0.101. The third-order valence-electron chi connectivity index (χ3n) is 18.4. The van der Waals surface area contributed by atoms with Gasteiger partial charge in [0.25, 0.3) is 0 Å². The number of aliphatic hydroxyl groups excluding tert-OH is 5. The number of hydrogen-bond donors (Lipinski definition) is 9. The van der Waals surface area contributed by atoms with E-state index in [-0.39, 0.29) is 109 Å². The van der Waals surface area contributed by atoms with Gasteiger partial charge in [-0.1, -0.05) is 18.2 Å². The van der Waals surface area contributed by atoms with E-state index >= 15 is 0 Å². The molecule has 9 aliphatic rings. The molecule has 0 radical (unpaired) electrons. The summed E-state index contributed by atoms with van der Waals surface area (Å²) >= 11 is 0. The lowest BCUT2D eigenvalue weighted by molar-refractivity contribution is -0.311. The van der Waals surface area contributed by atoms with Crippen LogP contribution in [0.2, 0.25) is 0 Å². The van der Waals surface area contributed by atoms with Crippen LogP contribution in [-0.4, -0.2) is 131 Å². The summed E-state index contributed by atoms with van der Waals surface area (Å²) in [6, 6.07) is 0.290. The molecule has 348 valence electrons. The van der Waals surface area contributed by atoms with Crippen LogP contribution in [-0.2, 0) is 23.8 Å². The number of nitrogens with two attached hydrogens (primary N) is 1. The van der Waals surface area contributed by atoms with Gasteiger partial charge >= 0.3 is 5.97 Å². The van der Waals surface area contributed by atoms with E-state index in [0.717, 1.165) is 57.9 Å². The smallest absolute Gasteiger partial charge is 0.336 e. The largest absolute Gasteiger partial charge is 0.456 e. The molecular formula is C48H76N4O10. The molecule has 3 aliphatic carbocycles. The number of aliphatic hydroxyl groups is 5. The van der Waals surface area contributed by atoms with Crippen molar-refractivity contribution in [3.8, 4) is 0 Å². The van der Waals surface area contributed by atoms with E-state index in [4.69, 9.17) is 19.9 Å². The molecule has 0 aromatic heterocycles. The van der Waals surface area contributed by atoms with Gasteiger partial charge in [0, 0.05) is 36.8 Å². The number of fused-ring (bicyclic) bond motifs is 6. The molecule has 10 N–H and O–H groups in total. The number of ketones is 1. The minimum atomic E-state index is -1.17. The number of piperidine rings is 2.